The first-order valence-electron chi connectivity index (χ1n) is 9.06. The maximum Gasteiger partial charge on any atom is 0.251 e. The zero-order valence-corrected chi connectivity index (χ0v) is 15.5. The number of anilines is 1. The van der Waals surface area contributed by atoms with E-state index in [0.29, 0.717) is 12.1 Å². The van der Waals surface area contributed by atoms with Crippen molar-refractivity contribution >= 4 is 11.7 Å². The molecule has 138 valence electrons. The number of amides is 1. The van der Waals surface area contributed by atoms with Crippen LogP contribution in [0.3, 0.4) is 0 Å². The summed E-state index contributed by atoms with van der Waals surface area (Å²) in [6, 6.07) is 14.4. The third-order valence-corrected chi connectivity index (χ3v) is 4.55. The van der Waals surface area contributed by atoms with Gasteiger partial charge in [0.2, 0.25) is 0 Å². The van der Waals surface area contributed by atoms with Gasteiger partial charge in [-0.25, -0.2) is 4.98 Å². The number of pyridine rings is 1. The first kappa shape index (κ1) is 18.4. The van der Waals surface area contributed by atoms with Crippen LogP contribution in [-0.4, -0.2) is 62.6 Å². The van der Waals surface area contributed by atoms with E-state index in [2.05, 4.69) is 44.8 Å². The zero-order chi connectivity index (χ0) is 18.4. The van der Waals surface area contributed by atoms with Gasteiger partial charge in [-0.3, -0.25) is 4.79 Å². The number of benzene rings is 1. The van der Waals surface area contributed by atoms with Crippen LogP contribution in [0, 0.1) is 0 Å². The number of nitrogens with one attached hydrogen (secondary N) is 2. The SMILES string of the molecule is CN(C)CCNC(=O)c1ccnc(N2CCN[C@H](c3ccccc3)C2)c1. The molecule has 0 radical (unpaired) electrons. The Labute approximate surface area is 155 Å². The number of nitrogens with zero attached hydrogens (tertiary/aromatic N) is 3. The van der Waals surface area contributed by atoms with Crippen molar-refractivity contribution in [2.75, 3.05) is 51.7 Å². The number of likely N-dealkylation sites (N-methyl/N-ethyl adjacent to an activating group) is 1. The molecular formula is C20H27N5O. The molecule has 2 N–H and O–H groups in total. The quantitative estimate of drug-likeness (QED) is 0.825. The summed E-state index contributed by atoms with van der Waals surface area (Å²) in [5, 5.41) is 6.51. The summed E-state index contributed by atoms with van der Waals surface area (Å²) < 4.78 is 0. The van der Waals surface area contributed by atoms with E-state index in [-0.39, 0.29) is 11.9 Å². The van der Waals surface area contributed by atoms with Crippen molar-refractivity contribution in [3.63, 3.8) is 0 Å². The van der Waals surface area contributed by atoms with Crippen LogP contribution in [0.2, 0.25) is 0 Å². The molecule has 0 saturated carbocycles. The standard InChI is InChI=1S/C20H27N5O/c1-24(2)12-10-23-20(26)17-8-9-22-19(14-17)25-13-11-21-18(15-25)16-6-4-3-5-7-16/h3-9,14,18,21H,10-13,15H2,1-2H3,(H,23,26)/t18-/m0/s1. The molecule has 1 aromatic carbocycles. The topological polar surface area (TPSA) is 60.5 Å². The number of hydrogen-bond acceptors (Lipinski definition) is 5. The summed E-state index contributed by atoms with van der Waals surface area (Å²) in [7, 11) is 3.98. The van der Waals surface area contributed by atoms with Gasteiger partial charge in [-0.05, 0) is 31.8 Å². The molecular weight excluding hydrogens is 326 g/mol. The van der Waals surface area contributed by atoms with Gasteiger partial charge in [0.25, 0.3) is 5.91 Å². The van der Waals surface area contributed by atoms with Crippen LogP contribution in [0.5, 0.6) is 0 Å². The number of hydrogen-bond donors (Lipinski definition) is 2. The Morgan fingerprint density at radius 1 is 1.31 bits per heavy atom. The number of carbonyl (C=O) groups is 1. The van der Waals surface area contributed by atoms with Crippen molar-refractivity contribution in [2.45, 2.75) is 6.04 Å². The molecule has 0 bridgehead atoms. The molecule has 2 aromatic rings. The molecule has 0 unspecified atom stereocenters. The van der Waals surface area contributed by atoms with Crippen LogP contribution < -0.4 is 15.5 Å². The molecule has 1 aliphatic heterocycles. The third kappa shape index (κ3) is 4.80. The summed E-state index contributed by atoms with van der Waals surface area (Å²) in [5.74, 6) is 0.804. The lowest BCUT2D eigenvalue weighted by Gasteiger charge is -2.34. The Balaban J connectivity index is 1.66. The van der Waals surface area contributed by atoms with Crippen LogP contribution in [0.4, 0.5) is 5.82 Å². The highest BCUT2D eigenvalue weighted by atomic mass is 16.1. The third-order valence-electron chi connectivity index (χ3n) is 4.55. The van der Waals surface area contributed by atoms with Gasteiger partial charge in [0.1, 0.15) is 5.82 Å². The molecule has 0 aliphatic carbocycles. The summed E-state index contributed by atoms with van der Waals surface area (Å²) in [6.45, 7) is 4.05. The highest BCUT2D eigenvalue weighted by molar-refractivity contribution is 5.94. The number of carbonyl (C=O) groups excluding carboxylic acids is 1. The fourth-order valence-electron chi connectivity index (χ4n) is 3.09. The van der Waals surface area contributed by atoms with Crippen molar-refractivity contribution in [2.24, 2.45) is 0 Å². The van der Waals surface area contributed by atoms with Gasteiger partial charge >= 0.3 is 0 Å². The number of piperazine rings is 1. The highest BCUT2D eigenvalue weighted by Crippen LogP contribution is 2.21. The van der Waals surface area contributed by atoms with Crippen molar-refractivity contribution in [1.82, 2.24) is 20.5 Å². The van der Waals surface area contributed by atoms with Crippen LogP contribution in [0.1, 0.15) is 22.0 Å². The van der Waals surface area contributed by atoms with Gasteiger partial charge in [0.05, 0.1) is 0 Å². The molecule has 1 saturated heterocycles. The van der Waals surface area contributed by atoms with E-state index in [0.717, 1.165) is 32.0 Å². The van der Waals surface area contributed by atoms with Crippen molar-refractivity contribution in [3.8, 4) is 0 Å². The first-order chi connectivity index (χ1) is 12.6. The summed E-state index contributed by atoms with van der Waals surface area (Å²) in [5.41, 5.74) is 1.93. The lowest BCUT2D eigenvalue weighted by Crippen LogP contribution is -2.46. The Morgan fingerprint density at radius 2 is 2.12 bits per heavy atom. The molecule has 26 heavy (non-hydrogen) atoms. The lowest BCUT2D eigenvalue weighted by atomic mass is 10.0. The van der Waals surface area contributed by atoms with Gasteiger partial charge in [-0.1, -0.05) is 30.3 Å². The van der Waals surface area contributed by atoms with E-state index in [1.54, 1.807) is 12.3 Å². The minimum atomic E-state index is -0.0507. The second kappa shape index (κ2) is 8.78. The fourth-order valence-corrected chi connectivity index (χ4v) is 3.09. The summed E-state index contributed by atoms with van der Waals surface area (Å²) in [4.78, 5) is 21.1. The van der Waals surface area contributed by atoms with E-state index in [9.17, 15) is 4.79 Å². The van der Waals surface area contributed by atoms with E-state index >= 15 is 0 Å². The highest BCUT2D eigenvalue weighted by Gasteiger charge is 2.22. The van der Waals surface area contributed by atoms with E-state index in [1.165, 1.54) is 5.56 Å². The van der Waals surface area contributed by atoms with E-state index < -0.39 is 0 Å². The molecule has 6 nitrogen and oxygen atoms in total. The first-order valence-corrected chi connectivity index (χ1v) is 9.06. The van der Waals surface area contributed by atoms with Gasteiger partial charge < -0.3 is 20.4 Å². The fraction of sp³-hybridized carbons (Fsp3) is 0.400. The van der Waals surface area contributed by atoms with Crippen molar-refractivity contribution < 1.29 is 4.79 Å². The zero-order valence-electron chi connectivity index (χ0n) is 15.5. The molecule has 1 fully saturated rings. The van der Waals surface area contributed by atoms with Crippen LogP contribution in [0.15, 0.2) is 48.7 Å². The minimum absolute atomic E-state index is 0.0507. The van der Waals surface area contributed by atoms with Crippen LogP contribution in [-0.2, 0) is 0 Å². The Kier molecular flexibility index (Phi) is 6.20. The molecule has 6 heteroatoms. The van der Waals surface area contributed by atoms with Gasteiger partial charge in [0, 0.05) is 50.5 Å². The Morgan fingerprint density at radius 3 is 2.88 bits per heavy atom. The average molecular weight is 353 g/mol. The predicted octanol–water partition coefficient (Wildman–Crippen LogP) is 1.52. The molecule has 3 rings (SSSR count). The van der Waals surface area contributed by atoms with Crippen molar-refractivity contribution in [3.05, 3.63) is 59.8 Å². The summed E-state index contributed by atoms with van der Waals surface area (Å²) in [6.07, 6.45) is 1.72. The molecule has 0 spiro atoms. The smallest absolute Gasteiger partial charge is 0.251 e. The molecule has 1 amide bonds. The van der Waals surface area contributed by atoms with Crippen LogP contribution in [0.25, 0.3) is 0 Å². The average Bonchev–Trinajstić information content (AvgIpc) is 2.68. The minimum Gasteiger partial charge on any atom is -0.353 e. The van der Waals surface area contributed by atoms with E-state index in [1.807, 2.05) is 31.1 Å². The summed E-state index contributed by atoms with van der Waals surface area (Å²) >= 11 is 0. The second-order valence-corrected chi connectivity index (χ2v) is 6.83. The molecule has 1 aromatic heterocycles. The Bertz CT molecular complexity index is 719. The van der Waals surface area contributed by atoms with Gasteiger partial charge in [-0.15, -0.1) is 0 Å². The predicted molar refractivity (Wildman–Crippen MR) is 105 cm³/mol. The van der Waals surface area contributed by atoms with Gasteiger partial charge in [-0.2, -0.15) is 0 Å². The van der Waals surface area contributed by atoms with Crippen LogP contribution >= 0.6 is 0 Å². The monoisotopic (exact) mass is 353 g/mol. The lowest BCUT2D eigenvalue weighted by molar-refractivity contribution is 0.0951. The number of aromatic nitrogens is 1. The molecule has 1 aliphatic rings. The van der Waals surface area contributed by atoms with Crippen molar-refractivity contribution in [1.29, 1.82) is 0 Å². The maximum atomic E-state index is 12.4. The second-order valence-electron chi connectivity index (χ2n) is 6.83. The normalized spacial score (nSPS) is 17.3. The Hall–Kier alpha value is -2.44. The van der Waals surface area contributed by atoms with E-state index in [4.69, 9.17) is 0 Å². The van der Waals surface area contributed by atoms with Gasteiger partial charge in [0.15, 0.2) is 0 Å². The maximum absolute atomic E-state index is 12.4. The largest absolute Gasteiger partial charge is 0.353 e. The molecule has 2 heterocycles. The number of rotatable bonds is 6. The molecule has 1 atom stereocenters.